The average molecular weight is 409 g/mol. The zero-order valence-electron chi connectivity index (χ0n) is 12.9. The van der Waals surface area contributed by atoms with Crippen LogP contribution in [0.25, 0.3) is 0 Å². The van der Waals surface area contributed by atoms with Gasteiger partial charge in [-0.05, 0) is 40.5 Å². The number of nitrogens with zero attached hydrogens (tertiary/aromatic N) is 4. The summed E-state index contributed by atoms with van der Waals surface area (Å²) in [5.74, 6) is 0.203. The summed E-state index contributed by atoms with van der Waals surface area (Å²) in [6.45, 7) is 3.07. The maximum Gasteiger partial charge on any atom is 0.275 e. The van der Waals surface area contributed by atoms with E-state index in [0.717, 1.165) is 5.56 Å². The molecule has 3 rings (SSSR count). The first-order valence-corrected chi connectivity index (χ1v) is 8.55. The molecule has 2 heterocycles. The number of nitrogens with one attached hydrogen (secondary N) is 1. The molecule has 6 nitrogen and oxygen atoms in total. The van der Waals surface area contributed by atoms with E-state index in [1.807, 2.05) is 31.2 Å². The number of anilines is 1. The summed E-state index contributed by atoms with van der Waals surface area (Å²) in [6.07, 6.45) is 3.40. The fraction of sp³-hybridized carbons (Fsp3) is 0.188. The standard InChI is InChI=1S/C16H15BrClN5O/c1-2-23-14(7-8-19-23)16(24)20-15-12(17)10-22(21-15)9-11-5-3-4-6-13(11)18/h3-8,10H,2,9H2,1H3,(H,20,21,24). The molecule has 0 atom stereocenters. The van der Waals surface area contributed by atoms with Crippen molar-refractivity contribution in [1.29, 1.82) is 0 Å². The van der Waals surface area contributed by atoms with Crippen LogP contribution in [0.5, 0.6) is 0 Å². The highest BCUT2D eigenvalue weighted by Gasteiger charge is 2.15. The van der Waals surface area contributed by atoms with E-state index in [1.54, 1.807) is 27.8 Å². The Morgan fingerprint density at radius 2 is 2.12 bits per heavy atom. The lowest BCUT2D eigenvalue weighted by molar-refractivity contribution is 0.101. The lowest BCUT2D eigenvalue weighted by Crippen LogP contribution is -2.18. The largest absolute Gasteiger partial charge is 0.303 e. The molecule has 0 saturated heterocycles. The van der Waals surface area contributed by atoms with E-state index in [0.29, 0.717) is 34.1 Å². The molecular weight excluding hydrogens is 394 g/mol. The molecule has 1 aromatic carbocycles. The van der Waals surface area contributed by atoms with E-state index in [-0.39, 0.29) is 5.91 Å². The van der Waals surface area contributed by atoms with Crippen LogP contribution in [0.15, 0.2) is 47.2 Å². The molecule has 0 aliphatic carbocycles. The fourth-order valence-electron chi connectivity index (χ4n) is 2.31. The van der Waals surface area contributed by atoms with Crippen LogP contribution in [0.4, 0.5) is 5.82 Å². The Labute approximate surface area is 152 Å². The Balaban J connectivity index is 1.77. The summed E-state index contributed by atoms with van der Waals surface area (Å²) in [7, 11) is 0. The number of rotatable bonds is 5. The van der Waals surface area contributed by atoms with Crippen molar-refractivity contribution >= 4 is 39.3 Å². The van der Waals surface area contributed by atoms with Crippen LogP contribution in [0, 0.1) is 0 Å². The minimum absolute atomic E-state index is 0.252. The highest BCUT2D eigenvalue weighted by Crippen LogP contribution is 2.23. The molecule has 1 amide bonds. The molecule has 24 heavy (non-hydrogen) atoms. The first-order valence-electron chi connectivity index (χ1n) is 7.38. The maximum absolute atomic E-state index is 12.4. The van der Waals surface area contributed by atoms with E-state index < -0.39 is 0 Å². The molecule has 0 fully saturated rings. The molecule has 0 radical (unpaired) electrons. The van der Waals surface area contributed by atoms with Crippen molar-refractivity contribution in [2.45, 2.75) is 20.0 Å². The second-order valence-electron chi connectivity index (χ2n) is 5.10. The van der Waals surface area contributed by atoms with E-state index in [2.05, 4.69) is 31.4 Å². The van der Waals surface area contributed by atoms with Crippen molar-refractivity contribution < 1.29 is 4.79 Å². The zero-order valence-corrected chi connectivity index (χ0v) is 15.3. The lowest BCUT2D eigenvalue weighted by atomic mass is 10.2. The molecule has 0 saturated carbocycles. The second-order valence-corrected chi connectivity index (χ2v) is 6.36. The molecule has 0 aliphatic rings. The van der Waals surface area contributed by atoms with Crippen molar-refractivity contribution in [3.8, 4) is 0 Å². The smallest absolute Gasteiger partial charge is 0.275 e. The van der Waals surface area contributed by atoms with Crippen LogP contribution >= 0.6 is 27.5 Å². The molecule has 8 heteroatoms. The van der Waals surface area contributed by atoms with Gasteiger partial charge in [0.2, 0.25) is 0 Å². The summed E-state index contributed by atoms with van der Waals surface area (Å²) >= 11 is 9.60. The lowest BCUT2D eigenvalue weighted by Gasteiger charge is -2.05. The number of aromatic nitrogens is 4. The molecule has 0 aliphatic heterocycles. The first-order chi connectivity index (χ1) is 11.6. The predicted octanol–water partition coefficient (Wildman–Crippen LogP) is 3.82. The van der Waals surface area contributed by atoms with Gasteiger partial charge in [-0.15, -0.1) is 0 Å². The van der Waals surface area contributed by atoms with Crippen LogP contribution in [0.1, 0.15) is 23.0 Å². The normalized spacial score (nSPS) is 10.8. The van der Waals surface area contributed by atoms with Gasteiger partial charge < -0.3 is 5.32 Å². The third-order valence-corrected chi connectivity index (χ3v) is 4.44. The number of benzene rings is 1. The summed E-state index contributed by atoms with van der Waals surface area (Å²) in [5, 5.41) is 12.0. The Bertz CT molecular complexity index is 873. The van der Waals surface area contributed by atoms with Crippen LogP contribution in [0.2, 0.25) is 5.02 Å². The van der Waals surface area contributed by atoms with Crippen LogP contribution < -0.4 is 5.32 Å². The molecule has 0 spiro atoms. The van der Waals surface area contributed by atoms with Crippen molar-refractivity contribution in [2.75, 3.05) is 5.32 Å². The van der Waals surface area contributed by atoms with E-state index in [4.69, 9.17) is 11.6 Å². The number of carbonyl (C=O) groups excluding carboxylic acids is 1. The predicted molar refractivity (Wildman–Crippen MR) is 96.3 cm³/mol. The molecule has 0 unspecified atom stereocenters. The number of hydrogen-bond acceptors (Lipinski definition) is 3. The monoisotopic (exact) mass is 407 g/mol. The van der Waals surface area contributed by atoms with Crippen molar-refractivity contribution in [2.24, 2.45) is 0 Å². The topological polar surface area (TPSA) is 64.7 Å². The number of carbonyl (C=O) groups is 1. The number of halogens is 2. The van der Waals surface area contributed by atoms with Crippen LogP contribution in [-0.2, 0) is 13.1 Å². The SMILES string of the molecule is CCn1nccc1C(=O)Nc1nn(Cc2ccccc2Cl)cc1Br. The number of aryl methyl sites for hydroxylation is 1. The van der Waals surface area contributed by atoms with Gasteiger partial charge in [-0.25, -0.2) is 0 Å². The first kappa shape index (κ1) is 16.7. The Morgan fingerprint density at radius 1 is 1.33 bits per heavy atom. The Hall–Kier alpha value is -2.12. The van der Waals surface area contributed by atoms with Gasteiger partial charge in [0.25, 0.3) is 5.91 Å². The van der Waals surface area contributed by atoms with Gasteiger partial charge in [-0.3, -0.25) is 14.2 Å². The summed E-state index contributed by atoms with van der Waals surface area (Å²) < 4.78 is 4.05. The van der Waals surface area contributed by atoms with Crippen molar-refractivity contribution in [3.05, 3.63) is 63.5 Å². The minimum Gasteiger partial charge on any atom is -0.303 e. The van der Waals surface area contributed by atoms with Gasteiger partial charge in [0.15, 0.2) is 5.82 Å². The molecule has 2 aromatic heterocycles. The van der Waals surface area contributed by atoms with E-state index in [1.165, 1.54) is 0 Å². The quantitative estimate of drug-likeness (QED) is 0.698. The highest BCUT2D eigenvalue weighted by molar-refractivity contribution is 9.10. The van der Waals surface area contributed by atoms with Crippen LogP contribution in [0.3, 0.4) is 0 Å². The van der Waals surface area contributed by atoms with Crippen molar-refractivity contribution in [1.82, 2.24) is 19.6 Å². The van der Waals surface area contributed by atoms with Gasteiger partial charge in [0.05, 0.1) is 11.0 Å². The van der Waals surface area contributed by atoms with Crippen LogP contribution in [-0.4, -0.2) is 25.5 Å². The van der Waals surface area contributed by atoms with Gasteiger partial charge in [-0.1, -0.05) is 29.8 Å². The number of hydrogen-bond donors (Lipinski definition) is 1. The van der Waals surface area contributed by atoms with Gasteiger partial charge in [-0.2, -0.15) is 10.2 Å². The third-order valence-electron chi connectivity index (χ3n) is 3.49. The van der Waals surface area contributed by atoms with E-state index in [9.17, 15) is 4.79 Å². The average Bonchev–Trinajstić information content (AvgIpc) is 3.16. The maximum atomic E-state index is 12.4. The molecule has 3 aromatic rings. The highest BCUT2D eigenvalue weighted by atomic mass is 79.9. The zero-order chi connectivity index (χ0) is 17.1. The second kappa shape index (κ2) is 7.19. The summed E-state index contributed by atoms with van der Waals surface area (Å²) in [5.41, 5.74) is 1.45. The molecule has 124 valence electrons. The fourth-order valence-corrected chi connectivity index (χ4v) is 2.92. The number of amides is 1. The minimum atomic E-state index is -0.252. The van der Waals surface area contributed by atoms with Gasteiger partial charge >= 0.3 is 0 Å². The van der Waals surface area contributed by atoms with E-state index >= 15 is 0 Å². The third kappa shape index (κ3) is 3.52. The summed E-state index contributed by atoms with van der Waals surface area (Å²) in [6, 6.07) is 9.26. The Kier molecular flexibility index (Phi) is 5.01. The summed E-state index contributed by atoms with van der Waals surface area (Å²) in [4.78, 5) is 12.4. The molecule has 1 N–H and O–H groups in total. The van der Waals surface area contributed by atoms with Gasteiger partial charge in [0, 0.05) is 24.0 Å². The van der Waals surface area contributed by atoms with Gasteiger partial charge in [0.1, 0.15) is 5.69 Å². The Morgan fingerprint density at radius 3 is 2.88 bits per heavy atom. The molecular formula is C16H15BrClN5O. The molecule has 0 bridgehead atoms. The van der Waals surface area contributed by atoms with Crippen molar-refractivity contribution in [3.63, 3.8) is 0 Å².